The predicted octanol–water partition coefficient (Wildman–Crippen LogP) is 1.89. The molecule has 1 atom stereocenters. The lowest BCUT2D eigenvalue weighted by Crippen LogP contribution is -2.50. The summed E-state index contributed by atoms with van der Waals surface area (Å²) in [5.41, 5.74) is 6.83. The molecule has 1 saturated heterocycles. The summed E-state index contributed by atoms with van der Waals surface area (Å²) >= 11 is 6.05. The molecule has 3 N–H and O–H groups in total. The van der Waals surface area contributed by atoms with E-state index in [1.807, 2.05) is 0 Å². The quantitative estimate of drug-likeness (QED) is 0.834. The summed E-state index contributed by atoms with van der Waals surface area (Å²) < 4.78 is 0. The van der Waals surface area contributed by atoms with Gasteiger partial charge >= 0.3 is 0 Å². The number of hydrogen-bond acceptors (Lipinski definition) is 4. The van der Waals surface area contributed by atoms with Gasteiger partial charge in [-0.05, 0) is 32.2 Å². The van der Waals surface area contributed by atoms with Crippen molar-refractivity contribution in [3.63, 3.8) is 0 Å². The van der Waals surface area contributed by atoms with Gasteiger partial charge in [-0.25, -0.2) is 0 Å². The number of nitrogens with two attached hydrogens (primary N) is 1. The SMILES string of the molecule is CC1CN(CCC(=O)Nc2ccc(N)cc2Cl)CCN1C. The second-order valence-corrected chi connectivity index (χ2v) is 6.07. The van der Waals surface area contributed by atoms with Crippen molar-refractivity contribution in [2.75, 3.05) is 44.3 Å². The number of piperazine rings is 1. The van der Waals surface area contributed by atoms with E-state index in [2.05, 4.69) is 29.1 Å². The van der Waals surface area contributed by atoms with Crippen LogP contribution < -0.4 is 11.1 Å². The number of carbonyl (C=O) groups is 1. The molecule has 1 aromatic carbocycles. The van der Waals surface area contributed by atoms with Gasteiger partial charge in [0.15, 0.2) is 0 Å². The number of hydrogen-bond donors (Lipinski definition) is 2. The Morgan fingerprint density at radius 3 is 2.90 bits per heavy atom. The van der Waals surface area contributed by atoms with Gasteiger partial charge in [-0.3, -0.25) is 4.79 Å². The molecule has 0 aromatic heterocycles. The topological polar surface area (TPSA) is 61.6 Å². The van der Waals surface area contributed by atoms with Crippen molar-refractivity contribution < 1.29 is 4.79 Å². The zero-order chi connectivity index (χ0) is 15.4. The van der Waals surface area contributed by atoms with Gasteiger partial charge in [0.25, 0.3) is 0 Å². The number of nitrogens with one attached hydrogen (secondary N) is 1. The van der Waals surface area contributed by atoms with Crippen LogP contribution in [0, 0.1) is 0 Å². The number of benzene rings is 1. The van der Waals surface area contributed by atoms with E-state index in [4.69, 9.17) is 17.3 Å². The van der Waals surface area contributed by atoms with Gasteiger partial charge < -0.3 is 20.9 Å². The monoisotopic (exact) mass is 310 g/mol. The van der Waals surface area contributed by atoms with Crippen molar-refractivity contribution >= 4 is 28.9 Å². The Morgan fingerprint density at radius 1 is 1.48 bits per heavy atom. The summed E-state index contributed by atoms with van der Waals surface area (Å²) in [6.45, 7) is 6.05. The van der Waals surface area contributed by atoms with Crippen molar-refractivity contribution in [1.82, 2.24) is 9.80 Å². The maximum atomic E-state index is 12.0. The van der Waals surface area contributed by atoms with Crippen molar-refractivity contribution in [2.24, 2.45) is 0 Å². The van der Waals surface area contributed by atoms with Crippen LogP contribution in [0.4, 0.5) is 11.4 Å². The Labute approximate surface area is 131 Å². The number of nitrogens with zero attached hydrogens (tertiary/aromatic N) is 2. The molecule has 1 aliphatic heterocycles. The molecule has 5 nitrogen and oxygen atoms in total. The predicted molar refractivity (Wildman–Crippen MR) is 87.6 cm³/mol. The number of likely N-dealkylation sites (N-methyl/N-ethyl adjacent to an activating group) is 1. The average Bonchev–Trinajstić information content (AvgIpc) is 2.43. The van der Waals surface area contributed by atoms with Gasteiger partial charge in [0.1, 0.15) is 0 Å². The first-order chi connectivity index (χ1) is 9.95. The Bertz CT molecular complexity index is 508. The van der Waals surface area contributed by atoms with Crippen LogP contribution in [0.1, 0.15) is 13.3 Å². The highest BCUT2D eigenvalue weighted by atomic mass is 35.5. The van der Waals surface area contributed by atoms with E-state index in [9.17, 15) is 4.79 Å². The van der Waals surface area contributed by atoms with E-state index < -0.39 is 0 Å². The summed E-state index contributed by atoms with van der Waals surface area (Å²) in [6.07, 6.45) is 0.469. The first kappa shape index (κ1) is 16.1. The third-order valence-corrected chi connectivity index (χ3v) is 4.28. The Morgan fingerprint density at radius 2 is 2.24 bits per heavy atom. The molecule has 1 aliphatic rings. The molecule has 2 rings (SSSR count). The van der Waals surface area contributed by atoms with Crippen LogP contribution in [0.3, 0.4) is 0 Å². The molecule has 1 unspecified atom stereocenters. The summed E-state index contributed by atoms with van der Waals surface area (Å²) in [4.78, 5) is 16.7. The number of nitrogen functional groups attached to an aromatic ring is 1. The molecule has 21 heavy (non-hydrogen) atoms. The molecule has 1 aromatic rings. The molecule has 1 heterocycles. The van der Waals surface area contributed by atoms with Crippen LogP contribution >= 0.6 is 11.6 Å². The largest absolute Gasteiger partial charge is 0.399 e. The minimum absolute atomic E-state index is 0.0201. The van der Waals surface area contributed by atoms with Gasteiger partial charge in [-0.2, -0.15) is 0 Å². The molecular weight excluding hydrogens is 288 g/mol. The molecule has 0 aliphatic carbocycles. The zero-order valence-electron chi connectivity index (χ0n) is 12.6. The van der Waals surface area contributed by atoms with Crippen LogP contribution in [-0.2, 0) is 4.79 Å². The number of anilines is 2. The third-order valence-electron chi connectivity index (χ3n) is 3.97. The minimum atomic E-state index is -0.0201. The molecule has 116 valence electrons. The fourth-order valence-corrected chi connectivity index (χ4v) is 2.67. The Kier molecular flexibility index (Phi) is 5.45. The number of halogens is 1. The van der Waals surface area contributed by atoms with Gasteiger partial charge in [0.05, 0.1) is 10.7 Å². The van der Waals surface area contributed by atoms with E-state index in [0.717, 1.165) is 26.2 Å². The van der Waals surface area contributed by atoms with E-state index in [-0.39, 0.29) is 5.91 Å². The van der Waals surface area contributed by atoms with Gasteiger partial charge in [0, 0.05) is 44.3 Å². The molecular formula is C15H23ClN4O. The molecule has 0 radical (unpaired) electrons. The number of amides is 1. The van der Waals surface area contributed by atoms with E-state index >= 15 is 0 Å². The highest BCUT2D eigenvalue weighted by molar-refractivity contribution is 6.34. The van der Waals surface area contributed by atoms with Gasteiger partial charge in [-0.1, -0.05) is 11.6 Å². The lowest BCUT2D eigenvalue weighted by molar-refractivity contribution is -0.116. The normalized spacial score (nSPS) is 20.4. The zero-order valence-corrected chi connectivity index (χ0v) is 13.4. The Balaban J connectivity index is 1.80. The summed E-state index contributed by atoms with van der Waals surface area (Å²) in [6, 6.07) is 5.63. The number of carbonyl (C=O) groups excluding carboxylic acids is 1. The second-order valence-electron chi connectivity index (χ2n) is 5.67. The van der Waals surface area contributed by atoms with Crippen molar-refractivity contribution in [2.45, 2.75) is 19.4 Å². The molecule has 6 heteroatoms. The highest BCUT2D eigenvalue weighted by Crippen LogP contribution is 2.24. The fraction of sp³-hybridized carbons (Fsp3) is 0.533. The first-order valence-corrected chi connectivity index (χ1v) is 7.61. The smallest absolute Gasteiger partial charge is 0.225 e. The highest BCUT2D eigenvalue weighted by Gasteiger charge is 2.20. The van der Waals surface area contributed by atoms with Gasteiger partial charge in [0.2, 0.25) is 5.91 Å². The molecule has 1 amide bonds. The summed E-state index contributed by atoms with van der Waals surface area (Å²) in [5.74, 6) is -0.0201. The standard InChI is InChI=1S/C15H23ClN4O/c1-11-10-20(8-7-19(11)2)6-5-15(21)18-14-4-3-12(17)9-13(14)16/h3-4,9,11H,5-8,10,17H2,1-2H3,(H,18,21). The summed E-state index contributed by atoms with van der Waals surface area (Å²) in [7, 11) is 2.14. The minimum Gasteiger partial charge on any atom is -0.399 e. The van der Waals surface area contributed by atoms with E-state index in [0.29, 0.717) is 28.9 Å². The average molecular weight is 311 g/mol. The maximum absolute atomic E-state index is 12.0. The lowest BCUT2D eigenvalue weighted by Gasteiger charge is -2.37. The lowest BCUT2D eigenvalue weighted by atomic mass is 10.2. The summed E-state index contributed by atoms with van der Waals surface area (Å²) in [5, 5.41) is 3.30. The first-order valence-electron chi connectivity index (χ1n) is 7.23. The molecule has 0 bridgehead atoms. The van der Waals surface area contributed by atoms with Crippen LogP contribution in [0.25, 0.3) is 0 Å². The number of rotatable bonds is 4. The Hall–Kier alpha value is -1.30. The van der Waals surface area contributed by atoms with E-state index in [1.165, 1.54) is 0 Å². The van der Waals surface area contributed by atoms with Crippen molar-refractivity contribution in [3.05, 3.63) is 23.2 Å². The van der Waals surface area contributed by atoms with Crippen LogP contribution in [0.2, 0.25) is 5.02 Å². The second kappa shape index (κ2) is 7.11. The molecule has 0 saturated carbocycles. The van der Waals surface area contributed by atoms with Crippen molar-refractivity contribution in [1.29, 1.82) is 0 Å². The van der Waals surface area contributed by atoms with Crippen molar-refractivity contribution in [3.8, 4) is 0 Å². The van der Waals surface area contributed by atoms with Crippen LogP contribution in [0.15, 0.2) is 18.2 Å². The van der Waals surface area contributed by atoms with E-state index in [1.54, 1.807) is 18.2 Å². The maximum Gasteiger partial charge on any atom is 0.225 e. The van der Waals surface area contributed by atoms with Crippen LogP contribution in [0.5, 0.6) is 0 Å². The van der Waals surface area contributed by atoms with Crippen LogP contribution in [-0.4, -0.2) is 55.0 Å². The molecule has 1 fully saturated rings. The fourth-order valence-electron chi connectivity index (χ4n) is 2.43. The third kappa shape index (κ3) is 4.59. The van der Waals surface area contributed by atoms with Gasteiger partial charge in [-0.15, -0.1) is 0 Å². The molecule has 0 spiro atoms.